The van der Waals surface area contributed by atoms with Crippen LogP contribution in [0.4, 0.5) is 0 Å². The summed E-state index contributed by atoms with van der Waals surface area (Å²) in [5.74, 6) is -1.31. The lowest BCUT2D eigenvalue weighted by molar-refractivity contribution is -0.138. The molecule has 0 aliphatic carbocycles. The van der Waals surface area contributed by atoms with Gasteiger partial charge in [0.25, 0.3) is 0 Å². The minimum Gasteiger partial charge on any atom is -0.481 e. The van der Waals surface area contributed by atoms with Gasteiger partial charge in [-0.25, -0.2) is 0 Å². The highest BCUT2D eigenvalue weighted by atomic mass is 35.5. The topological polar surface area (TPSA) is 72.6 Å². The fourth-order valence-electron chi connectivity index (χ4n) is 2.25. The summed E-state index contributed by atoms with van der Waals surface area (Å²) < 4.78 is 5.33. The highest BCUT2D eigenvalue weighted by Crippen LogP contribution is 2.32. The van der Waals surface area contributed by atoms with Crippen molar-refractivity contribution in [3.05, 3.63) is 34.3 Å². The van der Waals surface area contributed by atoms with Gasteiger partial charge in [-0.15, -0.1) is 0 Å². The Balaban J connectivity index is 2.26. The molecule has 1 fully saturated rings. The number of rotatable bonds is 4. The Labute approximate surface area is 111 Å². The minimum absolute atomic E-state index is 0.0670. The molecule has 2 atom stereocenters. The van der Waals surface area contributed by atoms with Crippen LogP contribution in [0.1, 0.15) is 29.4 Å². The lowest BCUT2D eigenvalue weighted by atomic mass is 9.93. The molecule has 1 aromatic carbocycles. The van der Waals surface area contributed by atoms with Gasteiger partial charge in [-0.2, -0.15) is 0 Å². The van der Waals surface area contributed by atoms with Crippen LogP contribution in [0.2, 0.25) is 5.02 Å². The van der Waals surface area contributed by atoms with Crippen LogP contribution in [0.5, 0.6) is 0 Å². The minimum atomic E-state index is -0.925. The molecular weight excluding hydrogens is 254 g/mol. The van der Waals surface area contributed by atoms with Gasteiger partial charge in [-0.1, -0.05) is 23.7 Å². The number of carboxylic acid groups (broad SMARTS) is 1. The fraction of sp³-hybridized carbons (Fsp3) is 0.462. The highest BCUT2D eigenvalue weighted by Gasteiger charge is 2.23. The van der Waals surface area contributed by atoms with Crippen molar-refractivity contribution in [2.24, 2.45) is 5.73 Å². The van der Waals surface area contributed by atoms with Gasteiger partial charge in [-0.05, 0) is 23.6 Å². The monoisotopic (exact) mass is 269 g/mol. The Kier molecular flexibility index (Phi) is 4.22. The molecule has 1 aliphatic heterocycles. The lowest BCUT2D eigenvalue weighted by Crippen LogP contribution is -2.21. The van der Waals surface area contributed by atoms with Crippen molar-refractivity contribution in [2.75, 3.05) is 19.8 Å². The molecule has 0 amide bonds. The Bertz CT molecular complexity index is 444. The van der Waals surface area contributed by atoms with E-state index in [1.807, 2.05) is 6.07 Å². The third-order valence-electron chi connectivity index (χ3n) is 3.33. The molecule has 4 nitrogen and oxygen atoms in total. The number of halogens is 1. The van der Waals surface area contributed by atoms with Gasteiger partial charge in [0.15, 0.2) is 0 Å². The number of hydrogen-bond acceptors (Lipinski definition) is 3. The number of carboxylic acids is 1. The highest BCUT2D eigenvalue weighted by molar-refractivity contribution is 6.31. The molecule has 1 aromatic rings. The van der Waals surface area contributed by atoms with Crippen LogP contribution >= 0.6 is 11.6 Å². The molecule has 1 saturated heterocycles. The normalized spacial score (nSPS) is 20.9. The Morgan fingerprint density at radius 2 is 2.39 bits per heavy atom. The third kappa shape index (κ3) is 2.66. The van der Waals surface area contributed by atoms with Crippen LogP contribution in [0, 0.1) is 0 Å². The first kappa shape index (κ1) is 13.3. The predicted octanol–water partition coefficient (Wildman–Crippen LogP) is 1.97. The van der Waals surface area contributed by atoms with Gasteiger partial charge < -0.3 is 15.6 Å². The average molecular weight is 270 g/mol. The standard InChI is InChI=1S/C13H16ClNO3/c14-12-5-8(11(6-15)13(16)17)1-2-10(12)9-3-4-18-7-9/h1-2,5,9,11H,3-4,6-7,15H2,(H,16,17). The van der Waals surface area contributed by atoms with E-state index in [1.165, 1.54) is 0 Å². The molecule has 0 radical (unpaired) electrons. The van der Waals surface area contributed by atoms with E-state index in [2.05, 4.69) is 0 Å². The average Bonchev–Trinajstić information content (AvgIpc) is 2.83. The maximum atomic E-state index is 11.0. The van der Waals surface area contributed by atoms with E-state index >= 15 is 0 Å². The Morgan fingerprint density at radius 1 is 1.61 bits per heavy atom. The van der Waals surface area contributed by atoms with Gasteiger partial charge in [-0.3, -0.25) is 4.79 Å². The van der Waals surface area contributed by atoms with Crippen molar-refractivity contribution < 1.29 is 14.6 Å². The maximum Gasteiger partial charge on any atom is 0.312 e. The zero-order valence-electron chi connectivity index (χ0n) is 9.93. The Hall–Kier alpha value is -1.10. The smallest absolute Gasteiger partial charge is 0.312 e. The lowest BCUT2D eigenvalue weighted by Gasteiger charge is -2.15. The second-order valence-corrected chi connectivity index (χ2v) is 4.88. The van der Waals surface area contributed by atoms with E-state index in [9.17, 15) is 4.79 Å². The summed E-state index contributed by atoms with van der Waals surface area (Å²) in [6, 6.07) is 5.40. The summed E-state index contributed by atoms with van der Waals surface area (Å²) in [5, 5.41) is 9.66. The number of benzene rings is 1. The first-order valence-corrected chi connectivity index (χ1v) is 6.31. The number of carbonyl (C=O) groups is 1. The van der Waals surface area contributed by atoms with E-state index in [0.717, 1.165) is 18.6 Å². The molecule has 18 heavy (non-hydrogen) atoms. The molecule has 0 bridgehead atoms. The number of ether oxygens (including phenoxy) is 1. The van der Waals surface area contributed by atoms with Crippen LogP contribution in [0.15, 0.2) is 18.2 Å². The molecule has 1 heterocycles. The summed E-state index contributed by atoms with van der Waals surface area (Å²) in [4.78, 5) is 11.0. The number of nitrogens with two attached hydrogens (primary N) is 1. The predicted molar refractivity (Wildman–Crippen MR) is 69.1 cm³/mol. The molecule has 0 aromatic heterocycles. The zero-order chi connectivity index (χ0) is 13.1. The molecule has 1 aliphatic rings. The molecule has 0 spiro atoms. The van der Waals surface area contributed by atoms with Crippen molar-refractivity contribution in [1.82, 2.24) is 0 Å². The molecule has 5 heteroatoms. The summed E-state index contributed by atoms with van der Waals surface area (Å²) in [6.07, 6.45) is 0.957. The van der Waals surface area contributed by atoms with Crippen LogP contribution in [0.25, 0.3) is 0 Å². The first-order valence-electron chi connectivity index (χ1n) is 5.93. The number of aliphatic carboxylic acids is 1. The summed E-state index contributed by atoms with van der Waals surface area (Å²) in [7, 11) is 0. The van der Waals surface area contributed by atoms with Crippen molar-refractivity contribution >= 4 is 17.6 Å². The summed E-state index contributed by atoms with van der Waals surface area (Å²) in [5.41, 5.74) is 7.15. The van der Waals surface area contributed by atoms with Crippen LogP contribution < -0.4 is 5.73 Å². The van der Waals surface area contributed by atoms with Crippen LogP contribution in [-0.2, 0) is 9.53 Å². The van der Waals surface area contributed by atoms with Gasteiger partial charge in [0.1, 0.15) is 0 Å². The van der Waals surface area contributed by atoms with Gasteiger partial charge in [0, 0.05) is 24.1 Å². The third-order valence-corrected chi connectivity index (χ3v) is 3.66. The second-order valence-electron chi connectivity index (χ2n) is 4.47. The van der Waals surface area contributed by atoms with Gasteiger partial charge in [0.05, 0.1) is 12.5 Å². The van der Waals surface area contributed by atoms with E-state index < -0.39 is 11.9 Å². The number of hydrogen-bond donors (Lipinski definition) is 2. The van der Waals surface area contributed by atoms with Gasteiger partial charge >= 0.3 is 5.97 Å². The quantitative estimate of drug-likeness (QED) is 0.877. The maximum absolute atomic E-state index is 11.0. The van der Waals surface area contributed by atoms with E-state index in [0.29, 0.717) is 23.1 Å². The Morgan fingerprint density at radius 3 is 2.89 bits per heavy atom. The first-order chi connectivity index (χ1) is 8.63. The summed E-state index contributed by atoms with van der Waals surface area (Å²) >= 11 is 6.23. The van der Waals surface area contributed by atoms with Crippen molar-refractivity contribution in [3.63, 3.8) is 0 Å². The van der Waals surface area contributed by atoms with Crippen LogP contribution in [0.3, 0.4) is 0 Å². The van der Waals surface area contributed by atoms with Crippen molar-refractivity contribution in [3.8, 4) is 0 Å². The van der Waals surface area contributed by atoms with E-state index in [-0.39, 0.29) is 6.54 Å². The largest absolute Gasteiger partial charge is 0.481 e. The molecule has 98 valence electrons. The molecular formula is C13H16ClNO3. The summed E-state index contributed by atoms with van der Waals surface area (Å²) in [6.45, 7) is 1.50. The molecule has 0 saturated carbocycles. The molecule has 2 rings (SSSR count). The van der Waals surface area contributed by atoms with E-state index in [4.69, 9.17) is 27.2 Å². The molecule has 3 N–H and O–H groups in total. The molecule has 2 unspecified atom stereocenters. The fourth-order valence-corrected chi connectivity index (χ4v) is 2.59. The SMILES string of the molecule is NCC(C(=O)O)c1ccc(C2CCOC2)c(Cl)c1. The van der Waals surface area contributed by atoms with Crippen molar-refractivity contribution in [1.29, 1.82) is 0 Å². The van der Waals surface area contributed by atoms with Crippen molar-refractivity contribution in [2.45, 2.75) is 18.3 Å². The second kappa shape index (κ2) is 5.69. The zero-order valence-corrected chi connectivity index (χ0v) is 10.7. The van der Waals surface area contributed by atoms with E-state index in [1.54, 1.807) is 12.1 Å². The van der Waals surface area contributed by atoms with Gasteiger partial charge in [0.2, 0.25) is 0 Å². The van der Waals surface area contributed by atoms with Crippen LogP contribution in [-0.4, -0.2) is 30.8 Å².